The standard InChI is InChI=1S/C18H24N4O3/c1-5-18(8-11-22(12-18)16(23)24-17(2,3)4)15-20-14(21-25-15)13-6-9-19-10-7-13/h6-7,9-10H,5,8,11-12H2,1-4H3. The van der Waals surface area contributed by atoms with Crippen molar-refractivity contribution in [2.45, 2.75) is 51.6 Å². The van der Waals surface area contributed by atoms with Crippen LogP contribution in [0.1, 0.15) is 46.4 Å². The van der Waals surface area contributed by atoms with E-state index in [0.717, 1.165) is 18.4 Å². The van der Waals surface area contributed by atoms with Crippen LogP contribution in [0, 0.1) is 0 Å². The van der Waals surface area contributed by atoms with E-state index in [0.29, 0.717) is 24.8 Å². The van der Waals surface area contributed by atoms with Gasteiger partial charge in [0.25, 0.3) is 0 Å². The van der Waals surface area contributed by atoms with Crippen molar-refractivity contribution in [2.75, 3.05) is 13.1 Å². The third kappa shape index (κ3) is 3.65. The Morgan fingerprint density at radius 2 is 2.08 bits per heavy atom. The van der Waals surface area contributed by atoms with Gasteiger partial charge in [0.15, 0.2) is 0 Å². The number of hydrogen-bond donors (Lipinski definition) is 0. The Kier molecular flexibility index (Phi) is 4.49. The molecule has 0 bridgehead atoms. The van der Waals surface area contributed by atoms with Crippen LogP contribution in [0.5, 0.6) is 0 Å². The number of amides is 1. The fourth-order valence-electron chi connectivity index (χ4n) is 3.03. The molecular formula is C18H24N4O3. The number of carbonyl (C=O) groups excluding carboxylic acids is 1. The number of pyridine rings is 1. The van der Waals surface area contributed by atoms with E-state index in [1.54, 1.807) is 17.3 Å². The van der Waals surface area contributed by atoms with Gasteiger partial charge in [-0.3, -0.25) is 4.98 Å². The maximum atomic E-state index is 12.4. The Hall–Kier alpha value is -2.44. The van der Waals surface area contributed by atoms with Crippen LogP contribution in [0.15, 0.2) is 29.0 Å². The Morgan fingerprint density at radius 1 is 1.36 bits per heavy atom. The number of carbonyl (C=O) groups is 1. The zero-order valence-corrected chi connectivity index (χ0v) is 15.2. The quantitative estimate of drug-likeness (QED) is 0.848. The Bertz CT molecular complexity index is 738. The van der Waals surface area contributed by atoms with Gasteiger partial charge in [-0.1, -0.05) is 12.1 Å². The number of ether oxygens (including phenoxy) is 1. The first-order chi connectivity index (χ1) is 11.8. The third-order valence-electron chi connectivity index (χ3n) is 4.50. The topological polar surface area (TPSA) is 81.4 Å². The number of aromatic nitrogens is 3. The van der Waals surface area contributed by atoms with Crippen molar-refractivity contribution >= 4 is 6.09 Å². The highest BCUT2D eigenvalue weighted by atomic mass is 16.6. The van der Waals surface area contributed by atoms with E-state index in [2.05, 4.69) is 22.0 Å². The van der Waals surface area contributed by atoms with Crippen molar-refractivity contribution in [1.82, 2.24) is 20.0 Å². The van der Waals surface area contributed by atoms with Crippen molar-refractivity contribution < 1.29 is 14.1 Å². The van der Waals surface area contributed by atoms with Crippen LogP contribution in [0.2, 0.25) is 0 Å². The van der Waals surface area contributed by atoms with Crippen LogP contribution in [0.25, 0.3) is 11.4 Å². The molecule has 134 valence electrons. The highest BCUT2D eigenvalue weighted by molar-refractivity contribution is 5.69. The summed E-state index contributed by atoms with van der Waals surface area (Å²) in [6, 6.07) is 3.68. The molecule has 25 heavy (non-hydrogen) atoms. The van der Waals surface area contributed by atoms with E-state index in [9.17, 15) is 4.79 Å². The van der Waals surface area contributed by atoms with Gasteiger partial charge in [0.1, 0.15) is 5.60 Å². The third-order valence-corrected chi connectivity index (χ3v) is 4.50. The molecule has 1 amide bonds. The molecule has 0 radical (unpaired) electrons. The molecule has 0 saturated carbocycles. The summed E-state index contributed by atoms with van der Waals surface area (Å²) in [5.41, 5.74) is 0.0289. The predicted molar refractivity (Wildman–Crippen MR) is 91.9 cm³/mol. The fourth-order valence-corrected chi connectivity index (χ4v) is 3.03. The fraction of sp³-hybridized carbons (Fsp3) is 0.556. The van der Waals surface area contributed by atoms with Crippen LogP contribution in [-0.2, 0) is 10.2 Å². The van der Waals surface area contributed by atoms with Gasteiger partial charge in [0, 0.05) is 31.0 Å². The second-order valence-corrected chi connectivity index (χ2v) is 7.44. The number of nitrogens with zero attached hydrogens (tertiary/aromatic N) is 4. The van der Waals surface area contributed by atoms with E-state index >= 15 is 0 Å². The lowest BCUT2D eigenvalue weighted by Crippen LogP contribution is -2.38. The van der Waals surface area contributed by atoms with Crippen LogP contribution >= 0.6 is 0 Å². The van der Waals surface area contributed by atoms with E-state index in [1.165, 1.54) is 0 Å². The largest absolute Gasteiger partial charge is 0.444 e. The minimum atomic E-state index is -0.506. The smallest absolute Gasteiger partial charge is 0.410 e. The first-order valence-corrected chi connectivity index (χ1v) is 8.55. The normalized spacial score (nSPS) is 20.7. The summed E-state index contributed by atoms with van der Waals surface area (Å²) in [6.07, 6.45) is 4.68. The summed E-state index contributed by atoms with van der Waals surface area (Å²) < 4.78 is 11.0. The summed E-state index contributed by atoms with van der Waals surface area (Å²) in [4.78, 5) is 22.7. The first-order valence-electron chi connectivity index (χ1n) is 8.55. The van der Waals surface area contributed by atoms with Crippen LogP contribution in [-0.4, -0.2) is 44.8 Å². The number of hydrogen-bond acceptors (Lipinski definition) is 6. The Labute approximate surface area is 147 Å². The summed E-state index contributed by atoms with van der Waals surface area (Å²) in [5.74, 6) is 1.12. The predicted octanol–water partition coefficient (Wildman–Crippen LogP) is 3.42. The van der Waals surface area contributed by atoms with Gasteiger partial charge in [-0.15, -0.1) is 0 Å². The van der Waals surface area contributed by atoms with Crippen molar-refractivity contribution in [3.8, 4) is 11.4 Å². The van der Waals surface area contributed by atoms with Crippen molar-refractivity contribution in [1.29, 1.82) is 0 Å². The molecule has 1 aliphatic heterocycles. The molecule has 7 heteroatoms. The maximum Gasteiger partial charge on any atom is 0.410 e. The van der Waals surface area contributed by atoms with Crippen molar-refractivity contribution in [3.05, 3.63) is 30.4 Å². The summed E-state index contributed by atoms with van der Waals surface area (Å²) in [6.45, 7) is 8.83. The average molecular weight is 344 g/mol. The highest BCUT2D eigenvalue weighted by Gasteiger charge is 2.45. The number of rotatable bonds is 3. The van der Waals surface area contributed by atoms with Crippen molar-refractivity contribution in [2.24, 2.45) is 0 Å². The van der Waals surface area contributed by atoms with Gasteiger partial charge in [0.05, 0.1) is 5.41 Å². The molecule has 3 heterocycles. The molecule has 0 aromatic carbocycles. The second kappa shape index (κ2) is 6.46. The Morgan fingerprint density at radius 3 is 2.72 bits per heavy atom. The SMILES string of the molecule is CCC1(c2nc(-c3ccncc3)no2)CCN(C(=O)OC(C)(C)C)C1. The first kappa shape index (κ1) is 17.4. The highest BCUT2D eigenvalue weighted by Crippen LogP contribution is 2.38. The summed E-state index contributed by atoms with van der Waals surface area (Å²) in [5, 5.41) is 4.10. The molecule has 0 spiro atoms. The zero-order chi connectivity index (χ0) is 18.1. The molecule has 2 aromatic rings. The molecule has 2 aromatic heterocycles. The number of likely N-dealkylation sites (tertiary alicyclic amines) is 1. The molecule has 7 nitrogen and oxygen atoms in total. The molecule has 1 unspecified atom stereocenters. The van der Waals surface area contributed by atoms with Gasteiger partial charge < -0.3 is 14.2 Å². The van der Waals surface area contributed by atoms with E-state index in [-0.39, 0.29) is 11.5 Å². The average Bonchev–Trinajstić information content (AvgIpc) is 3.22. The van der Waals surface area contributed by atoms with Gasteiger partial charge in [0.2, 0.25) is 11.7 Å². The molecule has 1 saturated heterocycles. The molecule has 1 fully saturated rings. The molecule has 3 rings (SSSR count). The van der Waals surface area contributed by atoms with E-state index in [4.69, 9.17) is 9.26 Å². The van der Waals surface area contributed by atoms with Crippen LogP contribution in [0.3, 0.4) is 0 Å². The monoisotopic (exact) mass is 344 g/mol. The van der Waals surface area contributed by atoms with E-state index in [1.807, 2.05) is 32.9 Å². The molecular weight excluding hydrogens is 320 g/mol. The van der Waals surface area contributed by atoms with Gasteiger partial charge in [-0.2, -0.15) is 4.98 Å². The minimum Gasteiger partial charge on any atom is -0.444 e. The van der Waals surface area contributed by atoms with Crippen LogP contribution < -0.4 is 0 Å². The molecule has 1 atom stereocenters. The lowest BCUT2D eigenvalue weighted by Gasteiger charge is -2.26. The van der Waals surface area contributed by atoms with Gasteiger partial charge in [-0.25, -0.2) is 4.79 Å². The molecule has 1 aliphatic rings. The maximum absolute atomic E-state index is 12.4. The summed E-state index contributed by atoms with van der Waals surface area (Å²) in [7, 11) is 0. The minimum absolute atomic E-state index is 0.295. The van der Waals surface area contributed by atoms with Crippen molar-refractivity contribution in [3.63, 3.8) is 0 Å². The van der Waals surface area contributed by atoms with Crippen LogP contribution in [0.4, 0.5) is 4.79 Å². The lowest BCUT2D eigenvalue weighted by molar-refractivity contribution is 0.0280. The van der Waals surface area contributed by atoms with E-state index < -0.39 is 5.60 Å². The lowest BCUT2D eigenvalue weighted by atomic mass is 9.84. The summed E-state index contributed by atoms with van der Waals surface area (Å²) >= 11 is 0. The Balaban J connectivity index is 1.79. The molecule has 0 N–H and O–H groups in total. The zero-order valence-electron chi connectivity index (χ0n) is 15.2. The van der Waals surface area contributed by atoms with Gasteiger partial charge in [-0.05, 0) is 45.7 Å². The second-order valence-electron chi connectivity index (χ2n) is 7.44. The molecule has 0 aliphatic carbocycles. The van der Waals surface area contributed by atoms with Gasteiger partial charge >= 0.3 is 6.09 Å².